The van der Waals surface area contributed by atoms with Crippen LogP contribution in [0.25, 0.3) is 0 Å². The summed E-state index contributed by atoms with van der Waals surface area (Å²) in [5.41, 5.74) is -0.649. The Balaban J connectivity index is 2.87. The van der Waals surface area contributed by atoms with Gasteiger partial charge >= 0.3 is 119 Å². The van der Waals surface area contributed by atoms with Crippen molar-refractivity contribution in [2.45, 2.75) is 18.2 Å². The Morgan fingerprint density at radius 1 is 1.29 bits per heavy atom. The van der Waals surface area contributed by atoms with Crippen LogP contribution in [0.3, 0.4) is 0 Å². The van der Waals surface area contributed by atoms with Gasteiger partial charge in [-0.2, -0.15) is 0 Å². The van der Waals surface area contributed by atoms with Crippen molar-refractivity contribution >= 4 is 47.3 Å². The molecule has 1 rings (SSSR count). The van der Waals surface area contributed by atoms with Crippen molar-refractivity contribution in [3.05, 3.63) is 43.0 Å². The molecule has 0 atom stereocenters. The fourth-order valence-corrected chi connectivity index (χ4v) is 3.49. The van der Waals surface area contributed by atoms with E-state index in [1.165, 1.54) is 0 Å². The van der Waals surface area contributed by atoms with Gasteiger partial charge in [-0.3, -0.25) is 0 Å². The van der Waals surface area contributed by atoms with Crippen molar-refractivity contribution in [1.29, 1.82) is 0 Å². The molecule has 17 heavy (non-hydrogen) atoms. The molecule has 0 amide bonds. The van der Waals surface area contributed by atoms with Gasteiger partial charge in [-0.15, -0.1) is 0 Å². The topological polar surface area (TPSA) is 17.1 Å². The molecule has 0 aliphatic carbocycles. The number of halogens is 2. The number of alkyl halides is 2. The van der Waals surface area contributed by atoms with E-state index < -0.39 is 9.75 Å². The zero-order valence-corrected chi connectivity index (χ0v) is 13.0. The van der Waals surface area contributed by atoms with E-state index in [0.29, 0.717) is 0 Å². The summed E-state index contributed by atoms with van der Waals surface area (Å²) >= 11 is 12.0. The minimum atomic E-state index is -1.43. The van der Waals surface area contributed by atoms with Crippen LogP contribution in [0.4, 0.5) is 0 Å². The second-order valence-electron chi connectivity index (χ2n) is 4.20. The standard InChI is InChI=1S/C13H14Cl2OSe/c1-4-12(2,3)13(14,15)11(16)17-10-8-6-5-7-9-10/h4-9H,1H2,2-3H3. The predicted octanol–water partition coefficient (Wildman–Crippen LogP) is 2.93. The quantitative estimate of drug-likeness (QED) is 0.459. The van der Waals surface area contributed by atoms with Crippen molar-refractivity contribution in [1.82, 2.24) is 0 Å². The molecule has 4 heteroatoms. The van der Waals surface area contributed by atoms with E-state index in [4.69, 9.17) is 23.2 Å². The van der Waals surface area contributed by atoms with E-state index in [-0.39, 0.29) is 19.6 Å². The van der Waals surface area contributed by atoms with Gasteiger partial charge in [0.25, 0.3) is 0 Å². The molecule has 1 nitrogen and oxygen atoms in total. The number of hydrogen-bond acceptors (Lipinski definition) is 1. The van der Waals surface area contributed by atoms with Crippen LogP contribution < -0.4 is 4.46 Å². The number of allylic oxidation sites excluding steroid dienone is 1. The third kappa shape index (κ3) is 3.35. The van der Waals surface area contributed by atoms with Crippen LogP contribution in [0.15, 0.2) is 43.0 Å². The zero-order valence-electron chi connectivity index (χ0n) is 9.74. The van der Waals surface area contributed by atoms with Gasteiger partial charge in [-0.25, -0.2) is 0 Å². The van der Waals surface area contributed by atoms with Gasteiger partial charge in [-0.05, 0) is 0 Å². The molecule has 0 spiro atoms. The minimum absolute atomic E-state index is 0.149. The van der Waals surface area contributed by atoms with Gasteiger partial charge in [-0.1, -0.05) is 0 Å². The molecule has 1 aromatic rings. The normalized spacial score (nSPS) is 12.2. The first-order valence-electron chi connectivity index (χ1n) is 5.10. The summed E-state index contributed by atoms with van der Waals surface area (Å²) in [6.07, 6.45) is 1.62. The zero-order chi connectivity index (χ0) is 13.1. The van der Waals surface area contributed by atoms with Gasteiger partial charge in [0, 0.05) is 0 Å². The Labute approximate surface area is 118 Å². The SMILES string of the molecule is C=CC(C)(C)C(Cl)(Cl)C(=O)[Se]c1ccccc1. The van der Waals surface area contributed by atoms with Crippen molar-refractivity contribution in [2.75, 3.05) is 0 Å². The van der Waals surface area contributed by atoms with Crippen LogP contribution in [-0.4, -0.2) is 24.0 Å². The summed E-state index contributed by atoms with van der Waals surface area (Å²) in [6.45, 7) is 7.28. The third-order valence-corrected chi connectivity index (χ3v) is 6.45. The Morgan fingerprint density at radius 3 is 2.29 bits per heavy atom. The van der Waals surface area contributed by atoms with Gasteiger partial charge in [0.1, 0.15) is 0 Å². The summed E-state index contributed by atoms with van der Waals surface area (Å²) < 4.78 is -0.607. The summed E-state index contributed by atoms with van der Waals surface area (Å²) in [5.74, 6) is 0. The molecule has 0 aliphatic rings. The van der Waals surface area contributed by atoms with E-state index in [9.17, 15) is 4.79 Å². The van der Waals surface area contributed by atoms with Gasteiger partial charge in [0.15, 0.2) is 0 Å². The van der Waals surface area contributed by atoms with E-state index in [2.05, 4.69) is 6.58 Å². The summed E-state index contributed by atoms with van der Waals surface area (Å²) in [7, 11) is 0. The molecule has 0 aliphatic heterocycles. The van der Waals surface area contributed by atoms with E-state index >= 15 is 0 Å². The molecule has 0 saturated carbocycles. The fourth-order valence-electron chi connectivity index (χ4n) is 1.05. The summed E-state index contributed by atoms with van der Waals surface area (Å²) in [6, 6.07) is 9.51. The number of hydrogen-bond donors (Lipinski definition) is 0. The summed E-state index contributed by atoms with van der Waals surface area (Å²) in [5, 5.41) is 0. The van der Waals surface area contributed by atoms with Crippen molar-refractivity contribution in [2.24, 2.45) is 5.41 Å². The molecular formula is C13H14Cl2OSe. The molecule has 0 radical (unpaired) electrons. The maximum atomic E-state index is 12.2. The van der Waals surface area contributed by atoms with Crippen molar-refractivity contribution < 1.29 is 4.79 Å². The maximum absolute atomic E-state index is 12.2. The van der Waals surface area contributed by atoms with Crippen LogP contribution in [0.1, 0.15) is 13.8 Å². The van der Waals surface area contributed by atoms with Crippen LogP contribution in [0.2, 0.25) is 0 Å². The number of benzene rings is 1. The number of carbonyl (C=O) groups excluding carboxylic acids is 1. The van der Waals surface area contributed by atoms with E-state index in [0.717, 1.165) is 4.46 Å². The molecule has 0 N–H and O–H groups in total. The van der Waals surface area contributed by atoms with E-state index in [1.807, 2.05) is 30.3 Å². The first-order chi connectivity index (χ1) is 7.81. The molecule has 92 valence electrons. The van der Waals surface area contributed by atoms with Gasteiger partial charge in [0.2, 0.25) is 0 Å². The predicted molar refractivity (Wildman–Crippen MR) is 75.3 cm³/mol. The number of carbonyl (C=O) groups is 1. The van der Waals surface area contributed by atoms with Crippen LogP contribution >= 0.6 is 23.2 Å². The Kier molecular flexibility index (Phi) is 4.85. The Hall–Kier alpha value is -0.271. The third-order valence-electron chi connectivity index (χ3n) is 2.53. The molecule has 1 aromatic carbocycles. The Morgan fingerprint density at radius 2 is 1.82 bits per heavy atom. The molecule has 0 bridgehead atoms. The molecule has 0 aromatic heterocycles. The molecule has 0 unspecified atom stereocenters. The van der Waals surface area contributed by atoms with E-state index in [1.54, 1.807) is 19.9 Å². The molecule has 0 fully saturated rings. The van der Waals surface area contributed by atoms with Crippen molar-refractivity contribution in [3.8, 4) is 0 Å². The first-order valence-corrected chi connectivity index (χ1v) is 7.57. The molecule has 0 heterocycles. The van der Waals surface area contributed by atoms with Gasteiger partial charge in [0.05, 0.1) is 0 Å². The average Bonchev–Trinajstić information content (AvgIpc) is 2.30. The average molecular weight is 336 g/mol. The monoisotopic (exact) mass is 336 g/mol. The van der Waals surface area contributed by atoms with Crippen LogP contribution in [0, 0.1) is 5.41 Å². The van der Waals surface area contributed by atoms with Crippen LogP contribution in [0.5, 0.6) is 0 Å². The Bertz CT molecular complexity index is 413. The van der Waals surface area contributed by atoms with Crippen molar-refractivity contribution in [3.63, 3.8) is 0 Å². The fraction of sp³-hybridized carbons (Fsp3) is 0.308. The molecule has 0 saturated heterocycles. The second kappa shape index (κ2) is 5.58. The molecular weight excluding hydrogens is 322 g/mol. The first kappa shape index (κ1) is 14.8. The second-order valence-corrected chi connectivity index (χ2v) is 7.73. The summed E-state index contributed by atoms with van der Waals surface area (Å²) in [4.78, 5) is 12.2. The van der Waals surface area contributed by atoms with Gasteiger partial charge < -0.3 is 0 Å². The number of rotatable bonds is 5. The van der Waals surface area contributed by atoms with Crippen LogP contribution in [-0.2, 0) is 4.79 Å².